The van der Waals surface area contributed by atoms with Gasteiger partial charge in [-0.15, -0.1) is 12.3 Å². The quantitative estimate of drug-likeness (QED) is 0.284. The van der Waals surface area contributed by atoms with Crippen LogP contribution in [0.1, 0.15) is 6.42 Å². The summed E-state index contributed by atoms with van der Waals surface area (Å²) in [6.07, 6.45) is 2.11. The number of hydrogen-bond donors (Lipinski definition) is 0. The van der Waals surface area contributed by atoms with E-state index in [9.17, 15) is 4.79 Å². The molecule has 0 aromatic heterocycles. The highest BCUT2D eigenvalue weighted by molar-refractivity contribution is 6.82. The van der Waals surface area contributed by atoms with Crippen LogP contribution in [0.5, 0.6) is 0 Å². The summed E-state index contributed by atoms with van der Waals surface area (Å²) in [4.78, 5) is 10.7. The topological polar surface area (TPSA) is 26.3 Å². The number of rotatable bonds is 6. The van der Waals surface area contributed by atoms with Gasteiger partial charge in [-0.3, -0.25) is 0 Å². The first kappa shape index (κ1) is 12.2. The normalized spacial score (nSPS) is 10.6. The van der Waals surface area contributed by atoms with Gasteiger partial charge in [-0.25, -0.2) is 4.79 Å². The van der Waals surface area contributed by atoms with Gasteiger partial charge in [0.2, 0.25) is 0 Å². The lowest BCUT2D eigenvalue weighted by molar-refractivity contribution is -0.137. The minimum absolute atomic E-state index is 0.335. The molecule has 0 aliphatic rings. The van der Waals surface area contributed by atoms with Gasteiger partial charge in [0.15, 0.2) is 0 Å². The van der Waals surface area contributed by atoms with Crippen LogP contribution in [0.25, 0.3) is 0 Å². The molecule has 0 aromatic rings. The molecule has 0 fully saturated rings. The van der Waals surface area contributed by atoms with Gasteiger partial charge in [0.1, 0.15) is 0 Å². The number of hydrogen-bond acceptors (Lipinski definition) is 2. The lowest BCUT2D eigenvalue weighted by Gasteiger charge is -2.16. The lowest BCUT2D eigenvalue weighted by atomic mass is 10.5. The van der Waals surface area contributed by atoms with Gasteiger partial charge in [0, 0.05) is 6.08 Å². The summed E-state index contributed by atoms with van der Waals surface area (Å²) in [6, 6.07) is 1.11. The van der Waals surface area contributed by atoms with Crippen LogP contribution in [0.2, 0.25) is 19.1 Å². The van der Waals surface area contributed by atoms with Crippen LogP contribution in [-0.4, -0.2) is 20.7 Å². The van der Waals surface area contributed by atoms with Crippen molar-refractivity contribution in [1.29, 1.82) is 0 Å². The van der Waals surface area contributed by atoms with Crippen molar-refractivity contribution < 1.29 is 9.53 Å². The van der Waals surface area contributed by atoms with Gasteiger partial charge >= 0.3 is 5.97 Å². The Morgan fingerprint density at radius 1 is 1.46 bits per heavy atom. The first-order valence-corrected chi connectivity index (χ1v) is 7.73. The second-order valence-electron chi connectivity index (χ2n) is 3.67. The van der Waals surface area contributed by atoms with Crippen LogP contribution in [0.4, 0.5) is 0 Å². The maximum absolute atomic E-state index is 10.7. The average molecular weight is 198 g/mol. The van der Waals surface area contributed by atoms with Gasteiger partial charge in [0.25, 0.3) is 0 Å². The molecule has 0 rings (SSSR count). The Kier molecular flexibility index (Phi) is 5.38. The molecule has 0 saturated carbocycles. The maximum Gasteiger partial charge on any atom is 0.330 e. The Morgan fingerprint density at radius 2 is 2.08 bits per heavy atom. The molecule has 0 saturated heterocycles. The fraction of sp³-hybridized carbons (Fsp3) is 0.500. The van der Waals surface area contributed by atoms with E-state index >= 15 is 0 Å². The van der Waals surface area contributed by atoms with Crippen LogP contribution < -0.4 is 0 Å². The molecule has 0 bridgehead atoms. The molecule has 0 aliphatic heterocycles. The van der Waals surface area contributed by atoms with Crippen molar-refractivity contribution >= 4 is 14.0 Å². The summed E-state index contributed by atoms with van der Waals surface area (Å²) in [7, 11) is -1.21. The summed E-state index contributed by atoms with van der Waals surface area (Å²) in [5.74, 6) is -0.335. The number of esters is 1. The Bertz CT molecular complexity index is 197. The SMILES string of the molecule is C=CC(=O)OCCC[Si](C)(C)C=C. The molecule has 0 spiro atoms. The molecule has 0 unspecified atom stereocenters. The fourth-order valence-electron chi connectivity index (χ4n) is 0.862. The smallest absolute Gasteiger partial charge is 0.330 e. The third-order valence-corrected chi connectivity index (χ3v) is 4.68. The third-order valence-electron chi connectivity index (χ3n) is 1.93. The largest absolute Gasteiger partial charge is 0.463 e. The first-order chi connectivity index (χ1) is 6.02. The molecule has 0 heterocycles. The van der Waals surface area contributed by atoms with E-state index in [0.29, 0.717) is 6.61 Å². The molecule has 2 nitrogen and oxygen atoms in total. The monoisotopic (exact) mass is 198 g/mol. The van der Waals surface area contributed by atoms with E-state index in [1.165, 1.54) is 6.08 Å². The van der Waals surface area contributed by atoms with Gasteiger partial charge in [0.05, 0.1) is 14.7 Å². The van der Waals surface area contributed by atoms with Crippen LogP contribution in [-0.2, 0) is 9.53 Å². The predicted octanol–water partition coefficient (Wildman–Crippen LogP) is 2.54. The summed E-state index contributed by atoms with van der Waals surface area (Å²) in [5, 5.41) is 0. The Labute approximate surface area is 81.3 Å². The minimum atomic E-state index is -1.21. The van der Waals surface area contributed by atoms with Crippen molar-refractivity contribution in [1.82, 2.24) is 0 Å². The highest BCUT2D eigenvalue weighted by atomic mass is 28.3. The van der Waals surface area contributed by atoms with Crippen molar-refractivity contribution in [2.75, 3.05) is 6.61 Å². The van der Waals surface area contributed by atoms with Crippen molar-refractivity contribution in [2.24, 2.45) is 0 Å². The molecule has 3 heteroatoms. The molecule has 74 valence electrons. The molecule has 0 radical (unpaired) electrons. The van der Waals surface area contributed by atoms with Crippen molar-refractivity contribution in [3.8, 4) is 0 Å². The first-order valence-electron chi connectivity index (χ1n) is 4.44. The van der Waals surface area contributed by atoms with Crippen LogP contribution >= 0.6 is 0 Å². The van der Waals surface area contributed by atoms with Crippen molar-refractivity contribution in [3.05, 3.63) is 24.9 Å². The molecule has 13 heavy (non-hydrogen) atoms. The van der Waals surface area contributed by atoms with E-state index < -0.39 is 8.07 Å². The van der Waals surface area contributed by atoms with Crippen molar-refractivity contribution in [3.63, 3.8) is 0 Å². The number of ether oxygens (including phenoxy) is 1. The summed E-state index contributed by atoms with van der Waals surface area (Å²) in [5.41, 5.74) is 2.06. The van der Waals surface area contributed by atoms with E-state index in [0.717, 1.165) is 12.5 Å². The highest BCUT2D eigenvalue weighted by Crippen LogP contribution is 2.12. The molecule has 0 aliphatic carbocycles. The van der Waals surface area contributed by atoms with Crippen LogP contribution in [0, 0.1) is 0 Å². The Balaban J connectivity index is 3.51. The standard InChI is InChI=1S/C10H18O2Si/c1-5-10(11)12-8-7-9-13(3,4)6-2/h5-6H,1-2,7-9H2,3-4H3. The third kappa shape index (κ3) is 6.34. The highest BCUT2D eigenvalue weighted by Gasteiger charge is 2.14. The molecular weight excluding hydrogens is 180 g/mol. The predicted molar refractivity (Wildman–Crippen MR) is 58.3 cm³/mol. The summed E-state index contributed by atoms with van der Waals surface area (Å²) < 4.78 is 4.86. The minimum Gasteiger partial charge on any atom is -0.463 e. The van der Waals surface area contributed by atoms with E-state index in [-0.39, 0.29) is 5.97 Å². The Hall–Kier alpha value is -0.833. The number of carbonyl (C=O) groups excluding carboxylic acids is 1. The molecule has 0 atom stereocenters. The van der Waals surface area contributed by atoms with E-state index in [1.54, 1.807) is 0 Å². The zero-order chi connectivity index (χ0) is 10.3. The molecule has 0 N–H and O–H groups in total. The molecule has 0 aromatic carbocycles. The second-order valence-corrected chi connectivity index (χ2v) is 8.55. The van der Waals surface area contributed by atoms with Crippen LogP contribution in [0.3, 0.4) is 0 Å². The van der Waals surface area contributed by atoms with Gasteiger partial charge in [-0.1, -0.05) is 25.7 Å². The van der Waals surface area contributed by atoms with E-state index in [4.69, 9.17) is 4.74 Å². The van der Waals surface area contributed by atoms with Crippen LogP contribution in [0.15, 0.2) is 24.9 Å². The van der Waals surface area contributed by atoms with Gasteiger partial charge in [-0.2, -0.15) is 0 Å². The lowest BCUT2D eigenvalue weighted by Crippen LogP contribution is -2.22. The summed E-state index contributed by atoms with van der Waals surface area (Å²) >= 11 is 0. The van der Waals surface area contributed by atoms with Gasteiger partial charge < -0.3 is 4.74 Å². The maximum atomic E-state index is 10.7. The van der Waals surface area contributed by atoms with E-state index in [2.05, 4.69) is 32.0 Å². The zero-order valence-electron chi connectivity index (χ0n) is 8.51. The summed E-state index contributed by atoms with van der Waals surface area (Å²) in [6.45, 7) is 12.1. The zero-order valence-corrected chi connectivity index (χ0v) is 9.51. The fourth-order valence-corrected chi connectivity index (χ4v) is 2.12. The number of carbonyl (C=O) groups is 1. The van der Waals surface area contributed by atoms with Gasteiger partial charge in [-0.05, 0) is 6.42 Å². The Morgan fingerprint density at radius 3 is 2.54 bits per heavy atom. The molecular formula is C10H18O2Si. The average Bonchev–Trinajstić information content (AvgIpc) is 2.12. The second kappa shape index (κ2) is 5.75. The van der Waals surface area contributed by atoms with E-state index in [1.807, 2.05) is 0 Å². The molecule has 0 amide bonds. The van der Waals surface area contributed by atoms with Crippen molar-refractivity contribution in [2.45, 2.75) is 25.6 Å².